The maximum Gasteiger partial charge on any atom is 0.285 e. The van der Waals surface area contributed by atoms with Crippen molar-refractivity contribution in [1.82, 2.24) is 0 Å². The molecule has 1 aliphatic carbocycles. The Bertz CT molecular complexity index is 744. The van der Waals surface area contributed by atoms with Crippen LogP contribution in [-0.4, -0.2) is 31.6 Å². The number of benzene rings is 1. The molecule has 1 aromatic carbocycles. The zero-order valence-electron chi connectivity index (χ0n) is 17.4. The minimum Gasteiger partial charge on any atom is -0.326 e. The molecule has 5 rings (SSSR count). The highest BCUT2D eigenvalue weighted by atomic mass is 127. The first-order chi connectivity index (χ1) is 14.4. The van der Waals surface area contributed by atoms with E-state index in [1.807, 2.05) is 0 Å². The molecule has 1 aromatic rings. The van der Waals surface area contributed by atoms with E-state index in [1.165, 1.54) is 6.07 Å². The Balaban J connectivity index is 1.27. The topological polar surface area (TPSA) is 44.8 Å². The lowest BCUT2D eigenvalue weighted by Gasteiger charge is -2.55. The van der Waals surface area contributed by atoms with Crippen molar-refractivity contribution in [3.05, 3.63) is 32.9 Å². The smallest absolute Gasteiger partial charge is 0.285 e. The number of rotatable bonds is 7. The summed E-state index contributed by atoms with van der Waals surface area (Å²) in [5.74, 6) is -2.25. The van der Waals surface area contributed by atoms with Crippen LogP contribution in [0.3, 0.4) is 0 Å². The first kappa shape index (κ1) is 22.6. The zero-order valence-corrected chi connectivity index (χ0v) is 19.5. The molecule has 2 bridgehead atoms. The highest BCUT2D eigenvalue weighted by molar-refractivity contribution is 14.1. The molecule has 30 heavy (non-hydrogen) atoms. The van der Waals surface area contributed by atoms with Gasteiger partial charge in [-0.15, -0.1) is 0 Å². The molecule has 0 radical (unpaired) electrons. The van der Waals surface area contributed by atoms with Crippen LogP contribution in [0, 0.1) is 32.5 Å². The van der Waals surface area contributed by atoms with Crippen molar-refractivity contribution in [2.45, 2.75) is 64.3 Å². The average Bonchev–Trinajstić information content (AvgIpc) is 2.77. The molecule has 3 saturated heterocycles. The fourth-order valence-corrected chi connectivity index (χ4v) is 5.76. The van der Waals surface area contributed by atoms with Gasteiger partial charge in [0.15, 0.2) is 11.6 Å². The van der Waals surface area contributed by atoms with Gasteiger partial charge in [-0.2, -0.15) is 0 Å². The monoisotopic (exact) mass is 534 g/mol. The molecule has 4 aliphatic rings. The molecule has 7 heteroatoms. The Morgan fingerprint density at radius 2 is 1.73 bits per heavy atom. The van der Waals surface area contributed by atoms with Gasteiger partial charge in [-0.1, -0.05) is 13.3 Å². The van der Waals surface area contributed by atoms with Crippen molar-refractivity contribution in [3.63, 3.8) is 0 Å². The first-order valence-corrected chi connectivity index (χ1v) is 12.0. The molecule has 0 aromatic heterocycles. The molecule has 1 saturated carbocycles. The van der Waals surface area contributed by atoms with Crippen LogP contribution in [0.2, 0.25) is 0 Å². The molecule has 4 nitrogen and oxygen atoms in total. The van der Waals surface area contributed by atoms with Gasteiger partial charge >= 0.3 is 0 Å². The summed E-state index contributed by atoms with van der Waals surface area (Å²) in [5.41, 5.74) is 0.663. The van der Waals surface area contributed by atoms with E-state index in [1.54, 1.807) is 28.7 Å². The predicted octanol–water partition coefficient (Wildman–Crippen LogP) is 5.39. The van der Waals surface area contributed by atoms with Crippen molar-refractivity contribution in [2.75, 3.05) is 19.8 Å². The Kier molecular flexibility index (Phi) is 6.82. The van der Waals surface area contributed by atoms with Crippen molar-refractivity contribution in [3.8, 4) is 0 Å². The number of Topliss-reactive ketones (excluding diaryl/α,β-unsaturated/α-hetero) is 1. The van der Waals surface area contributed by atoms with E-state index in [4.69, 9.17) is 14.2 Å². The van der Waals surface area contributed by atoms with Crippen molar-refractivity contribution >= 4 is 28.4 Å². The maximum atomic E-state index is 13.6. The van der Waals surface area contributed by atoms with E-state index >= 15 is 0 Å². The summed E-state index contributed by atoms with van der Waals surface area (Å²) in [6.45, 7) is 4.23. The van der Waals surface area contributed by atoms with Crippen molar-refractivity contribution in [1.29, 1.82) is 0 Å². The minimum atomic E-state index is -0.925. The number of carbonyl (C=O) groups is 1. The normalized spacial score (nSPS) is 33.6. The summed E-state index contributed by atoms with van der Waals surface area (Å²) >= 11 is 1.78. The van der Waals surface area contributed by atoms with Crippen LogP contribution >= 0.6 is 22.6 Å². The van der Waals surface area contributed by atoms with Gasteiger partial charge in [0.2, 0.25) is 0 Å². The summed E-state index contributed by atoms with van der Waals surface area (Å²) in [6, 6.07) is 2.80. The molecular formula is C23H29F2IO4. The fraction of sp³-hybridized carbons (Fsp3) is 0.696. The van der Waals surface area contributed by atoms with Crippen LogP contribution in [0.15, 0.2) is 12.1 Å². The van der Waals surface area contributed by atoms with Crippen LogP contribution in [-0.2, 0) is 25.4 Å². The number of halogens is 3. The Morgan fingerprint density at radius 3 is 2.30 bits per heavy atom. The predicted molar refractivity (Wildman–Crippen MR) is 116 cm³/mol. The molecule has 0 unspecified atom stereocenters. The van der Waals surface area contributed by atoms with Gasteiger partial charge in [-0.25, -0.2) is 8.78 Å². The van der Waals surface area contributed by atoms with Crippen LogP contribution in [0.25, 0.3) is 0 Å². The van der Waals surface area contributed by atoms with Gasteiger partial charge < -0.3 is 14.2 Å². The van der Waals surface area contributed by atoms with Crippen molar-refractivity contribution < 1.29 is 27.8 Å². The van der Waals surface area contributed by atoms with Gasteiger partial charge in [-0.05, 0) is 78.8 Å². The number of carbonyl (C=O) groups excluding carboxylic acids is 1. The summed E-state index contributed by atoms with van der Waals surface area (Å²) in [5, 5.41) is 0. The molecule has 0 N–H and O–H groups in total. The molecule has 3 aliphatic heterocycles. The number of fused-ring (bicyclic) bond motifs is 3. The van der Waals surface area contributed by atoms with Gasteiger partial charge in [-0.3, -0.25) is 4.79 Å². The number of hydrogen-bond donors (Lipinski definition) is 0. The minimum absolute atomic E-state index is 0.00130. The molecule has 0 atom stereocenters. The van der Waals surface area contributed by atoms with E-state index in [2.05, 4.69) is 6.92 Å². The lowest BCUT2D eigenvalue weighted by molar-refractivity contribution is -0.488. The summed E-state index contributed by atoms with van der Waals surface area (Å²) < 4.78 is 45.5. The van der Waals surface area contributed by atoms with Gasteiger partial charge in [0.1, 0.15) is 5.78 Å². The van der Waals surface area contributed by atoms with Crippen LogP contribution < -0.4 is 0 Å². The summed E-state index contributed by atoms with van der Waals surface area (Å²) in [6.07, 6.45) is 6.16. The fourth-order valence-electron chi connectivity index (χ4n) is 5.10. The lowest BCUT2D eigenvalue weighted by Crippen LogP contribution is -2.63. The van der Waals surface area contributed by atoms with E-state index in [-0.39, 0.29) is 26.6 Å². The molecule has 3 heterocycles. The quantitative estimate of drug-likeness (QED) is 0.348. The van der Waals surface area contributed by atoms with Gasteiger partial charge in [0.05, 0.1) is 23.4 Å². The van der Waals surface area contributed by atoms with Crippen LogP contribution in [0.5, 0.6) is 0 Å². The molecule has 4 fully saturated rings. The highest BCUT2D eigenvalue weighted by Crippen LogP contribution is 2.48. The second kappa shape index (κ2) is 9.08. The maximum absolute atomic E-state index is 13.6. The third-order valence-electron chi connectivity index (χ3n) is 6.91. The molecular weight excluding hydrogens is 505 g/mol. The number of hydrogen-bond acceptors (Lipinski definition) is 4. The van der Waals surface area contributed by atoms with E-state index in [0.29, 0.717) is 38.2 Å². The second-order valence-electron chi connectivity index (χ2n) is 9.11. The van der Waals surface area contributed by atoms with Gasteiger partial charge in [0.25, 0.3) is 5.97 Å². The number of ether oxygens (including phenoxy) is 3. The third-order valence-corrected chi connectivity index (χ3v) is 7.69. The summed E-state index contributed by atoms with van der Waals surface area (Å²) in [4.78, 5) is 12.7. The first-order valence-electron chi connectivity index (χ1n) is 10.9. The zero-order chi connectivity index (χ0) is 21.4. The number of aryl methyl sites for hydroxylation is 1. The number of ketones is 1. The Labute approximate surface area is 190 Å². The van der Waals surface area contributed by atoms with Crippen molar-refractivity contribution in [2.24, 2.45) is 17.3 Å². The molecule has 166 valence electrons. The van der Waals surface area contributed by atoms with E-state index in [0.717, 1.165) is 38.5 Å². The van der Waals surface area contributed by atoms with E-state index < -0.39 is 17.6 Å². The largest absolute Gasteiger partial charge is 0.326 e. The second-order valence-corrected chi connectivity index (χ2v) is 10.3. The lowest BCUT2D eigenvalue weighted by atomic mass is 9.76. The summed E-state index contributed by atoms with van der Waals surface area (Å²) in [7, 11) is 0. The van der Waals surface area contributed by atoms with Gasteiger partial charge in [0, 0.05) is 23.7 Å². The Morgan fingerprint density at radius 1 is 1.10 bits per heavy atom. The third kappa shape index (κ3) is 4.45. The Hall–Kier alpha value is -0.640. The van der Waals surface area contributed by atoms with Crippen LogP contribution in [0.1, 0.15) is 57.4 Å². The highest BCUT2D eigenvalue weighted by Gasteiger charge is 2.56. The standard InChI is InChI=1S/C23H29F2IO4/c1-2-9-22-12-28-23(29-13-22,30-14-22)17-6-4-16(5-7-17)20(27)8-3-15-10-18(24)21(25)19(26)11-15/h10-11,16-17H,2-9,12-14H2,1H3. The molecule has 0 amide bonds. The van der Waals surface area contributed by atoms with E-state index in [9.17, 15) is 13.6 Å². The average molecular weight is 534 g/mol. The van der Waals surface area contributed by atoms with Crippen LogP contribution in [0.4, 0.5) is 8.78 Å². The molecule has 0 spiro atoms. The SMILES string of the molecule is CCCC12COC(C3CCC(C(=O)CCc4cc(F)c(F)c(I)c4)CC3)(OC1)OC2.